The van der Waals surface area contributed by atoms with Crippen molar-refractivity contribution in [3.05, 3.63) is 0 Å². The van der Waals surface area contributed by atoms with Crippen LogP contribution in [0.25, 0.3) is 0 Å². The quantitative estimate of drug-likeness (QED) is 0.569. The van der Waals surface area contributed by atoms with Crippen molar-refractivity contribution in [2.24, 2.45) is 0 Å². The Morgan fingerprint density at radius 2 is 1.15 bits per heavy atom. The third-order valence-corrected chi connectivity index (χ3v) is 1.78. The van der Waals surface area contributed by atoms with Crippen LogP contribution in [0.5, 0.6) is 0 Å². The van der Waals surface area contributed by atoms with Crippen molar-refractivity contribution in [1.82, 2.24) is 0 Å². The first kappa shape index (κ1) is 18.9. The van der Waals surface area contributed by atoms with Crippen LogP contribution in [0.4, 0.5) is 48.3 Å². The second kappa shape index (κ2) is 5.00. The molecule has 0 aliphatic rings. The van der Waals surface area contributed by atoms with E-state index in [1.165, 1.54) is 0 Å². The maximum absolute atomic E-state index is 13.0. The molecule has 0 amide bonds. The van der Waals surface area contributed by atoms with Crippen molar-refractivity contribution < 1.29 is 57.8 Å². The molecule has 0 rings (SSSR count). The summed E-state index contributed by atoms with van der Waals surface area (Å²) in [4.78, 5) is 9.72. The van der Waals surface area contributed by atoms with Crippen molar-refractivity contribution in [2.75, 3.05) is 0 Å². The number of carbonyl (C=O) groups is 1. The highest BCUT2D eigenvalue weighted by molar-refractivity contribution is 5.51. The van der Waals surface area contributed by atoms with Crippen LogP contribution in [0.15, 0.2) is 0 Å². The smallest absolute Gasteiger partial charge is 0.303 e. The standard InChI is InChI=1S/C7H3F11O2/c8-3(1-2-19,5(11,12)13)20-7(17,18)4(9,10)6(14,15)16/h2H,1H2. The SMILES string of the molecule is O=CCC(F)(OC(F)(F)C(F)(F)C(F)(F)F)C(F)(F)F. The van der Waals surface area contributed by atoms with Crippen LogP contribution >= 0.6 is 0 Å². The normalized spacial score (nSPS) is 17.8. The molecule has 20 heavy (non-hydrogen) atoms. The Hall–Kier alpha value is -1.14. The Labute approximate surface area is 102 Å². The van der Waals surface area contributed by atoms with E-state index in [0.717, 1.165) is 0 Å². The van der Waals surface area contributed by atoms with Crippen molar-refractivity contribution in [2.45, 2.75) is 36.7 Å². The second-order valence-corrected chi connectivity index (χ2v) is 3.29. The summed E-state index contributed by atoms with van der Waals surface area (Å²) >= 11 is 0. The minimum atomic E-state index is -7.11. The largest absolute Gasteiger partial charge is 0.462 e. The average Bonchev–Trinajstić information content (AvgIpc) is 2.12. The van der Waals surface area contributed by atoms with Gasteiger partial charge in [0.2, 0.25) is 0 Å². The molecule has 2 nitrogen and oxygen atoms in total. The van der Waals surface area contributed by atoms with E-state index in [1.807, 2.05) is 4.74 Å². The molecule has 13 heteroatoms. The molecule has 0 aliphatic carbocycles. The molecule has 0 spiro atoms. The number of alkyl halides is 11. The number of hydrogen-bond donors (Lipinski definition) is 0. The molecule has 1 atom stereocenters. The van der Waals surface area contributed by atoms with E-state index in [1.54, 1.807) is 0 Å². The molecule has 0 aliphatic heterocycles. The van der Waals surface area contributed by atoms with Crippen molar-refractivity contribution in [3.8, 4) is 0 Å². The Morgan fingerprint density at radius 1 is 0.750 bits per heavy atom. The summed E-state index contributed by atoms with van der Waals surface area (Å²) in [5.41, 5.74) is 0. The minimum absolute atomic E-state index is 0.977. The molecule has 120 valence electrons. The summed E-state index contributed by atoms with van der Waals surface area (Å²) < 4.78 is 135. The van der Waals surface area contributed by atoms with Crippen LogP contribution in [0.2, 0.25) is 0 Å². The molecule has 0 heterocycles. The lowest BCUT2D eigenvalue weighted by Gasteiger charge is -2.34. The van der Waals surface area contributed by atoms with Crippen LogP contribution < -0.4 is 0 Å². The van der Waals surface area contributed by atoms with Gasteiger partial charge >= 0.3 is 30.2 Å². The number of aldehydes is 1. The molecule has 0 saturated heterocycles. The number of carbonyl (C=O) groups excluding carboxylic acids is 1. The van der Waals surface area contributed by atoms with E-state index >= 15 is 0 Å². The fourth-order valence-electron chi connectivity index (χ4n) is 0.755. The predicted octanol–water partition coefficient (Wildman–Crippen LogP) is 3.61. The first-order chi connectivity index (χ1) is 8.52. The maximum atomic E-state index is 13.0. The minimum Gasteiger partial charge on any atom is -0.303 e. The first-order valence-electron chi connectivity index (χ1n) is 4.23. The lowest BCUT2D eigenvalue weighted by Crippen LogP contribution is -2.59. The third-order valence-electron chi connectivity index (χ3n) is 1.78. The monoisotopic (exact) mass is 328 g/mol. The third kappa shape index (κ3) is 3.30. The predicted molar refractivity (Wildman–Crippen MR) is 37.6 cm³/mol. The molecule has 0 aromatic carbocycles. The molecule has 1 unspecified atom stereocenters. The van der Waals surface area contributed by atoms with Gasteiger partial charge in [-0.1, -0.05) is 0 Å². The van der Waals surface area contributed by atoms with Crippen LogP contribution in [-0.4, -0.2) is 36.5 Å². The summed E-state index contributed by atoms with van der Waals surface area (Å²) in [5, 5.41) is 0. The average molecular weight is 328 g/mol. The second-order valence-electron chi connectivity index (χ2n) is 3.29. The van der Waals surface area contributed by atoms with Gasteiger partial charge in [-0.2, -0.15) is 43.9 Å². The van der Waals surface area contributed by atoms with Crippen molar-refractivity contribution in [1.29, 1.82) is 0 Å². The van der Waals surface area contributed by atoms with E-state index < -0.39 is 42.9 Å². The Morgan fingerprint density at radius 3 is 1.40 bits per heavy atom. The van der Waals surface area contributed by atoms with Crippen LogP contribution in [0, 0.1) is 0 Å². The van der Waals surface area contributed by atoms with Gasteiger partial charge in [0.25, 0.3) is 0 Å². The highest BCUT2D eigenvalue weighted by Crippen LogP contribution is 2.51. The number of ether oxygens (including phenoxy) is 1. The van der Waals surface area contributed by atoms with E-state index in [0.29, 0.717) is 0 Å². The van der Waals surface area contributed by atoms with Gasteiger partial charge in [0, 0.05) is 0 Å². The van der Waals surface area contributed by atoms with Gasteiger partial charge in [0.05, 0.1) is 6.42 Å². The maximum Gasteiger partial charge on any atom is 0.462 e. The molecule has 0 aromatic heterocycles. The number of halogens is 11. The molecule has 0 fully saturated rings. The van der Waals surface area contributed by atoms with Crippen LogP contribution in [0.1, 0.15) is 6.42 Å². The van der Waals surface area contributed by atoms with Crippen LogP contribution in [-0.2, 0) is 9.53 Å². The Kier molecular flexibility index (Phi) is 4.72. The summed E-state index contributed by atoms with van der Waals surface area (Å²) in [6.45, 7) is 0. The topological polar surface area (TPSA) is 26.3 Å². The lowest BCUT2D eigenvalue weighted by atomic mass is 10.2. The highest BCUT2D eigenvalue weighted by Gasteiger charge is 2.78. The molecular weight excluding hydrogens is 325 g/mol. The van der Waals surface area contributed by atoms with Gasteiger partial charge in [-0.15, -0.1) is 0 Å². The summed E-state index contributed by atoms with van der Waals surface area (Å²) in [7, 11) is 0. The fourth-order valence-corrected chi connectivity index (χ4v) is 0.755. The van der Waals surface area contributed by atoms with Gasteiger partial charge in [0.1, 0.15) is 6.29 Å². The molecule has 0 radical (unpaired) electrons. The van der Waals surface area contributed by atoms with Gasteiger partial charge in [0.15, 0.2) is 0 Å². The van der Waals surface area contributed by atoms with Gasteiger partial charge in [-0.3, -0.25) is 4.74 Å². The van der Waals surface area contributed by atoms with Crippen LogP contribution in [0.3, 0.4) is 0 Å². The van der Waals surface area contributed by atoms with E-state index in [2.05, 4.69) is 0 Å². The van der Waals surface area contributed by atoms with Gasteiger partial charge in [-0.05, 0) is 0 Å². The zero-order valence-electron chi connectivity index (χ0n) is 8.76. The Balaban J connectivity index is 5.60. The van der Waals surface area contributed by atoms with Crippen molar-refractivity contribution >= 4 is 6.29 Å². The number of hydrogen-bond acceptors (Lipinski definition) is 2. The first-order valence-corrected chi connectivity index (χ1v) is 4.23. The summed E-state index contributed by atoms with van der Waals surface area (Å²) in [6, 6.07) is 0. The van der Waals surface area contributed by atoms with Gasteiger partial charge in [-0.25, -0.2) is 4.39 Å². The van der Waals surface area contributed by atoms with E-state index in [4.69, 9.17) is 0 Å². The lowest BCUT2D eigenvalue weighted by molar-refractivity contribution is -0.481. The summed E-state index contributed by atoms with van der Waals surface area (Å²) in [6.07, 6.45) is -23.9. The van der Waals surface area contributed by atoms with E-state index in [9.17, 15) is 53.1 Å². The zero-order valence-corrected chi connectivity index (χ0v) is 8.76. The fraction of sp³-hybridized carbons (Fsp3) is 0.857. The zero-order chi connectivity index (χ0) is 16.6. The van der Waals surface area contributed by atoms with Crippen molar-refractivity contribution in [3.63, 3.8) is 0 Å². The molecule has 0 saturated carbocycles. The van der Waals surface area contributed by atoms with E-state index in [-0.39, 0.29) is 0 Å². The molecule has 0 aromatic rings. The number of rotatable bonds is 5. The molecular formula is C7H3F11O2. The molecule has 0 bridgehead atoms. The highest BCUT2D eigenvalue weighted by atomic mass is 19.4. The molecule has 0 N–H and O–H groups in total. The Bertz CT molecular complexity index is 357. The van der Waals surface area contributed by atoms with Gasteiger partial charge < -0.3 is 4.79 Å². The summed E-state index contributed by atoms with van der Waals surface area (Å²) in [5.74, 6) is -12.8.